The van der Waals surface area contributed by atoms with Crippen LogP contribution in [0.15, 0.2) is 36.4 Å². The van der Waals surface area contributed by atoms with Crippen molar-refractivity contribution in [1.29, 1.82) is 0 Å². The predicted octanol–water partition coefficient (Wildman–Crippen LogP) is 4.12. The van der Waals surface area contributed by atoms with E-state index in [0.717, 1.165) is 12.8 Å². The number of nitrogens with one attached hydrogen (secondary N) is 1. The summed E-state index contributed by atoms with van der Waals surface area (Å²) in [5.74, 6) is 0.0929. The van der Waals surface area contributed by atoms with Gasteiger partial charge in [-0.1, -0.05) is 24.3 Å². The van der Waals surface area contributed by atoms with Crippen molar-refractivity contribution in [2.24, 2.45) is 0 Å². The van der Waals surface area contributed by atoms with Crippen molar-refractivity contribution in [2.75, 3.05) is 5.88 Å². The first-order valence-corrected chi connectivity index (χ1v) is 7.21. The zero-order chi connectivity index (χ0) is 14.5. The van der Waals surface area contributed by atoms with Gasteiger partial charge in [0.05, 0.1) is 0 Å². The van der Waals surface area contributed by atoms with Gasteiger partial charge in [0.25, 0.3) is 5.91 Å². The summed E-state index contributed by atoms with van der Waals surface area (Å²) in [6.45, 7) is 1.94. The molecule has 0 saturated heterocycles. The van der Waals surface area contributed by atoms with Crippen LogP contribution < -0.4 is 5.32 Å². The van der Waals surface area contributed by atoms with E-state index in [2.05, 4.69) is 5.32 Å². The molecule has 1 unspecified atom stereocenters. The molecule has 0 radical (unpaired) electrons. The van der Waals surface area contributed by atoms with Gasteiger partial charge in [0.15, 0.2) is 0 Å². The Morgan fingerprint density at radius 3 is 2.65 bits per heavy atom. The summed E-state index contributed by atoms with van der Waals surface area (Å²) < 4.78 is 13.7. The lowest BCUT2D eigenvalue weighted by Crippen LogP contribution is -2.32. The molecule has 20 heavy (non-hydrogen) atoms. The van der Waals surface area contributed by atoms with Crippen LogP contribution in [0.5, 0.6) is 0 Å². The van der Waals surface area contributed by atoms with Crippen LogP contribution in [0, 0.1) is 5.82 Å². The molecule has 1 atom stereocenters. The Bertz CT molecular complexity index is 614. The van der Waals surface area contributed by atoms with Crippen LogP contribution in [0.25, 0.3) is 10.8 Å². The van der Waals surface area contributed by atoms with Crippen molar-refractivity contribution in [3.63, 3.8) is 0 Å². The molecule has 0 aromatic heterocycles. The van der Waals surface area contributed by atoms with Gasteiger partial charge in [-0.25, -0.2) is 4.39 Å². The van der Waals surface area contributed by atoms with Gasteiger partial charge < -0.3 is 5.32 Å². The number of carbonyl (C=O) groups is 1. The fourth-order valence-corrected chi connectivity index (χ4v) is 2.37. The molecule has 0 heterocycles. The number of hydrogen-bond donors (Lipinski definition) is 1. The Balaban J connectivity index is 2.24. The molecular weight excluding hydrogens is 277 g/mol. The van der Waals surface area contributed by atoms with Gasteiger partial charge in [-0.05, 0) is 37.3 Å². The lowest BCUT2D eigenvalue weighted by atomic mass is 10.0. The van der Waals surface area contributed by atoms with Crippen LogP contribution in [-0.4, -0.2) is 17.8 Å². The highest BCUT2D eigenvalue weighted by Crippen LogP contribution is 2.21. The number of alkyl halides is 1. The molecule has 0 spiro atoms. The standard InChI is InChI=1S/C16H17ClFNO/c1-11(5-4-10-17)19-16(20)14-8-9-15(18)13-7-3-2-6-12(13)14/h2-3,6-9,11H,4-5,10H2,1H3,(H,19,20). The summed E-state index contributed by atoms with van der Waals surface area (Å²) in [7, 11) is 0. The first-order valence-electron chi connectivity index (χ1n) is 6.67. The number of halogens is 2. The quantitative estimate of drug-likeness (QED) is 0.826. The van der Waals surface area contributed by atoms with Gasteiger partial charge >= 0.3 is 0 Å². The second-order valence-electron chi connectivity index (χ2n) is 4.85. The molecule has 2 aromatic rings. The largest absolute Gasteiger partial charge is 0.350 e. The third-order valence-corrected chi connectivity index (χ3v) is 3.53. The highest BCUT2D eigenvalue weighted by Gasteiger charge is 2.14. The topological polar surface area (TPSA) is 29.1 Å². The molecule has 106 valence electrons. The van der Waals surface area contributed by atoms with Gasteiger partial charge in [-0.15, -0.1) is 11.6 Å². The van der Waals surface area contributed by atoms with E-state index in [9.17, 15) is 9.18 Å². The van der Waals surface area contributed by atoms with Gasteiger partial charge in [-0.3, -0.25) is 4.79 Å². The minimum Gasteiger partial charge on any atom is -0.350 e. The highest BCUT2D eigenvalue weighted by atomic mass is 35.5. The summed E-state index contributed by atoms with van der Waals surface area (Å²) >= 11 is 5.64. The minimum atomic E-state index is -0.313. The molecule has 2 rings (SSSR count). The van der Waals surface area contributed by atoms with E-state index in [0.29, 0.717) is 22.2 Å². The average Bonchev–Trinajstić information content (AvgIpc) is 2.45. The van der Waals surface area contributed by atoms with Crippen LogP contribution in [0.1, 0.15) is 30.1 Å². The molecule has 2 nitrogen and oxygen atoms in total. The summed E-state index contributed by atoms with van der Waals surface area (Å²) in [6, 6.07) is 9.91. The van der Waals surface area contributed by atoms with Gasteiger partial charge in [-0.2, -0.15) is 0 Å². The number of rotatable bonds is 5. The maximum atomic E-state index is 13.7. The van der Waals surface area contributed by atoms with E-state index in [1.165, 1.54) is 12.1 Å². The molecule has 1 amide bonds. The minimum absolute atomic E-state index is 0.0464. The molecule has 0 saturated carbocycles. The SMILES string of the molecule is CC(CCCCl)NC(=O)c1ccc(F)c2ccccc12. The van der Waals surface area contributed by atoms with Crippen molar-refractivity contribution in [3.05, 3.63) is 47.8 Å². The molecule has 0 bridgehead atoms. The Kier molecular flexibility index (Phi) is 4.96. The predicted molar refractivity (Wildman–Crippen MR) is 80.8 cm³/mol. The van der Waals surface area contributed by atoms with Crippen LogP contribution >= 0.6 is 11.6 Å². The fraction of sp³-hybridized carbons (Fsp3) is 0.312. The first-order chi connectivity index (χ1) is 9.63. The van der Waals surface area contributed by atoms with Crippen molar-refractivity contribution in [3.8, 4) is 0 Å². The van der Waals surface area contributed by atoms with Gasteiger partial charge in [0, 0.05) is 22.9 Å². The van der Waals surface area contributed by atoms with E-state index in [1.54, 1.807) is 24.3 Å². The van der Waals surface area contributed by atoms with Crippen molar-refractivity contribution in [2.45, 2.75) is 25.8 Å². The highest BCUT2D eigenvalue weighted by molar-refractivity contribution is 6.17. The third kappa shape index (κ3) is 3.28. The Morgan fingerprint density at radius 1 is 1.25 bits per heavy atom. The maximum Gasteiger partial charge on any atom is 0.252 e. The molecule has 2 aromatic carbocycles. The second-order valence-corrected chi connectivity index (χ2v) is 5.22. The maximum absolute atomic E-state index is 13.7. The monoisotopic (exact) mass is 293 g/mol. The summed E-state index contributed by atoms with van der Waals surface area (Å²) in [4.78, 5) is 12.3. The molecular formula is C16H17ClFNO. The Hall–Kier alpha value is -1.61. The van der Waals surface area contributed by atoms with Crippen LogP contribution in [0.3, 0.4) is 0 Å². The zero-order valence-electron chi connectivity index (χ0n) is 11.3. The van der Waals surface area contributed by atoms with E-state index < -0.39 is 0 Å². The average molecular weight is 294 g/mol. The van der Waals surface area contributed by atoms with Crippen LogP contribution in [0.2, 0.25) is 0 Å². The molecule has 4 heteroatoms. The zero-order valence-corrected chi connectivity index (χ0v) is 12.1. The van der Waals surface area contributed by atoms with Gasteiger partial charge in [0.1, 0.15) is 5.82 Å². The smallest absolute Gasteiger partial charge is 0.252 e. The molecule has 0 fully saturated rings. The number of hydrogen-bond acceptors (Lipinski definition) is 1. The summed E-state index contributed by atoms with van der Waals surface area (Å²) in [5.41, 5.74) is 0.500. The van der Waals surface area contributed by atoms with E-state index in [-0.39, 0.29) is 17.8 Å². The van der Waals surface area contributed by atoms with E-state index in [1.807, 2.05) is 6.92 Å². The fourth-order valence-electron chi connectivity index (χ4n) is 2.22. The number of amides is 1. The first kappa shape index (κ1) is 14.8. The van der Waals surface area contributed by atoms with Crippen LogP contribution in [-0.2, 0) is 0 Å². The Labute approximate surface area is 122 Å². The number of fused-ring (bicyclic) bond motifs is 1. The van der Waals surface area contributed by atoms with E-state index in [4.69, 9.17) is 11.6 Å². The second kappa shape index (κ2) is 6.71. The Morgan fingerprint density at radius 2 is 1.95 bits per heavy atom. The summed E-state index contributed by atoms with van der Waals surface area (Å²) in [5, 5.41) is 4.02. The van der Waals surface area contributed by atoms with Crippen molar-refractivity contribution >= 4 is 28.3 Å². The summed E-state index contributed by atoms with van der Waals surface area (Å²) in [6.07, 6.45) is 1.68. The molecule has 0 aliphatic carbocycles. The lowest BCUT2D eigenvalue weighted by Gasteiger charge is -2.14. The van der Waals surface area contributed by atoms with Crippen molar-refractivity contribution in [1.82, 2.24) is 5.32 Å². The normalized spacial score (nSPS) is 12.3. The van der Waals surface area contributed by atoms with Gasteiger partial charge in [0.2, 0.25) is 0 Å². The molecule has 0 aliphatic heterocycles. The lowest BCUT2D eigenvalue weighted by molar-refractivity contribution is 0.0940. The number of benzene rings is 2. The van der Waals surface area contributed by atoms with Crippen LogP contribution in [0.4, 0.5) is 4.39 Å². The molecule has 1 N–H and O–H groups in total. The number of carbonyl (C=O) groups excluding carboxylic acids is 1. The third-order valence-electron chi connectivity index (χ3n) is 3.26. The van der Waals surface area contributed by atoms with E-state index >= 15 is 0 Å². The molecule has 0 aliphatic rings. The van der Waals surface area contributed by atoms with Crippen molar-refractivity contribution < 1.29 is 9.18 Å².